The number of carboxylic acids is 1. The molecule has 100 valence electrons. The first-order chi connectivity index (χ1) is 8.86. The molecule has 19 heavy (non-hydrogen) atoms. The second-order valence-electron chi connectivity index (χ2n) is 4.80. The molecule has 0 unspecified atom stereocenters. The number of ether oxygens (including phenoxy) is 1. The molecule has 5 heteroatoms. The van der Waals surface area contributed by atoms with Crippen LogP contribution in [0, 0.1) is 0 Å². The van der Waals surface area contributed by atoms with Crippen LogP contribution in [0.5, 0.6) is 5.75 Å². The molecule has 5 nitrogen and oxygen atoms in total. The normalized spacial score (nSPS) is 16.5. The fraction of sp³-hybridized carbons (Fsp3) is 0.286. The van der Waals surface area contributed by atoms with Gasteiger partial charge >= 0.3 is 5.97 Å². The topological polar surface area (TPSA) is 66.8 Å². The van der Waals surface area contributed by atoms with E-state index >= 15 is 0 Å². The lowest BCUT2D eigenvalue weighted by atomic mass is 10.0. The summed E-state index contributed by atoms with van der Waals surface area (Å²) < 4.78 is 5.62. The highest BCUT2D eigenvalue weighted by atomic mass is 16.5. The lowest BCUT2D eigenvalue weighted by molar-refractivity contribution is -0.132. The SMILES string of the molecule is C=CCN1C(=O)C(C)(C)Oc2ccc(C(=O)O)cc21. The van der Waals surface area contributed by atoms with E-state index in [1.165, 1.54) is 17.0 Å². The van der Waals surface area contributed by atoms with Crippen LogP contribution in [0.4, 0.5) is 5.69 Å². The molecule has 0 bridgehead atoms. The van der Waals surface area contributed by atoms with Crippen LogP contribution in [0.2, 0.25) is 0 Å². The summed E-state index contributed by atoms with van der Waals surface area (Å²) in [7, 11) is 0. The molecule has 0 spiro atoms. The van der Waals surface area contributed by atoms with Crippen molar-refractivity contribution < 1.29 is 19.4 Å². The highest BCUT2D eigenvalue weighted by Crippen LogP contribution is 2.38. The maximum atomic E-state index is 12.3. The summed E-state index contributed by atoms with van der Waals surface area (Å²) in [5.74, 6) is -0.766. The fourth-order valence-electron chi connectivity index (χ4n) is 2.01. The second-order valence-corrected chi connectivity index (χ2v) is 4.80. The lowest BCUT2D eigenvalue weighted by Gasteiger charge is -2.38. The Labute approximate surface area is 111 Å². The summed E-state index contributed by atoms with van der Waals surface area (Å²) in [5.41, 5.74) is -0.395. The number of carboxylic acid groups (broad SMARTS) is 1. The van der Waals surface area contributed by atoms with Gasteiger partial charge in [-0.25, -0.2) is 4.79 Å². The van der Waals surface area contributed by atoms with E-state index in [0.717, 1.165) is 0 Å². The number of benzene rings is 1. The van der Waals surface area contributed by atoms with E-state index < -0.39 is 11.6 Å². The van der Waals surface area contributed by atoms with Gasteiger partial charge in [0.15, 0.2) is 5.60 Å². The van der Waals surface area contributed by atoms with Crippen molar-refractivity contribution in [2.45, 2.75) is 19.4 Å². The molecule has 0 saturated heterocycles. The van der Waals surface area contributed by atoms with Crippen LogP contribution in [0.3, 0.4) is 0 Å². The zero-order chi connectivity index (χ0) is 14.2. The quantitative estimate of drug-likeness (QED) is 0.846. The molecule has 0 aliphatic carbocycles. The van der Waals surface area contributed by atoms with E-state index in [4.69, 9.17) is 9.84 Å². The van der Waals surface area contributed by atoms with E-state index in [9.17, 15) is 9.59 Å². The van der Waals surface area contributed by atoms with Gasteiger partial charge in [-0.3, -0.25) is 4.79 Å². The molecule has 1 N–H and O–H groups in total. The van der Waals surface area contributed by atoms with Gasteiger partial charge in [0.05, 0.1) is 11.3 Å². The van der Waals surface area contributed by atoms with E-state index in [1.54, 1.807) is 26.0 Å². The number of hydrogen-bond donors (Lipinski definition) is 1. The smallest absolute Gasteiger partial charge is 0.335 e. The van der Waals surface area contributed by atoms with Crippen LogP contribution in [0.15, 0.2) is 30.9 Å². The van der Waals surface area contributed by atoms with E-state index in [0.29, 0.717) is 18.0 Å². The summed E-state index contributed by atoms with van der Waals surface area (Å²) in [6.45, 7) is 7.28. The van der Waals surface area contributed by atoms with Crippen molar-refractivity contribution in [3.8, 4) is 5.75 Å². The molecule has 0 atom stereocenters. The largest absolute Gasteiger partial charge is 0.478 e. The Morgan fingerprint density at radius 2 is 2.21 bits per heavy atom. The van der Waals surface area contributed by atoms with Gasteiger partial charge in [-0.05, 0) is 32.0 Å². The zero-order valence-corrected chi connectivity index (χ0v) is 10.8. The molecule has 0 saturated carbocycles. The molecule has 1 aliphatic heterocycles. The summed E-state index contributed by atoms with van der Waals surface area (Å²) in [4.78, 5) is 24.8. The van der Waals surface area contributed by atoms with Gasteiger partial charge < -0.3 is 14.7 Å². The summed E-state index contributed by atoms with van der Waals surface area (Å²) >= 11 is 0. The monoisotopic (exact) mass is 261 g/mol. The Hall–Kier alpha value is -2.30. The maximum Gasteiger partial charge on any atom is 0.335 e. The number of amides is 1. The number of fused-ring (bicyclic) bond motifs is 1. The number of rotatable bonds is 3. The maximum absolute atomic E-state index is 12.3. The van der Waals surface area contributed by atoms with Crippen molar-refractivity contribution in [2.75, 3.05) is 11.4 Å². The Bertz CT molecular complexity index is 563. The number of carbonyl (C=O) groups excluding carboxylic acids is 1. The molecule has 0 radical (unpaired) electrons. The number of anilines is 1. The van der Waals surface area contributed by atoms with Crippen LogP contribution in [0.25, 0.3) is 0 Å². The van der Waals surface area contributed by atoms with Crippen LogP contribution in [0.1, 0.15) is 24.2 Å². The molecular formula is C14H15NO4. The van der Waals surface area contributed by atoms with Gasteiger partial charge in [0.2, 0.25) is 0 Å². The predicted molar refractivity (Wildman–Crippen MR) is 70.7 cm³/mol. The van der Waals surface area contributed by atoms with Crippen molar-refractivity contribution in [1.82, 2.24) is 0 Å². The van der Waals surface area contributed by atoms with Crippen LogP contribution in [-0.2, 0) is 4.79 Å². The van der Waals surface area contributed by atoms with E-state index in [2.05, 4.69) is 6.58 Å². The third-order valence-corrected chi connectivity index (χ3v) is 2.93. The summed E-state index contributed by atoms with van der Waals surface area (Å²) in [6.07, 6.45) is 1.59. The van der Waals surface area contributed by atoms with Crippen molar-refractivity contribution >= 4 is 17.6 Å². The molecular weight excluding hydrogens is 246 g/mol. The average Bonchev–Trinajstić information content (AvgIpc) is 2.34. The summed E-state index contributed by atoms with van der Waals surface area (Å²) in [5, 5.41) is 9.01. The molecule has 1 amide bonds. The molecule has 1 aliphatic rings. The molecule has 1 aromatic rings. The first-order valence-corrected chi connectivity index (χ1v) is 5.86. The van der Waals surface area contributed by atoms with Crippen molar-refractivity contribution in [2.24, 2.45) is 0 Å². The lowest BCUT2D eigenvalue weighted by Crippen LogP contribution is -2.52. The number of hydrogen-bond acceptors (Lipinski definition) is 3. The van der Waals surface area contributed by atoms with Gasteiger partial charge in [-0.2, -0.15) is 0 Å². The molecule has 0 fully saturated rings. The first kappa shape index (κ1) is 13.1. The van der Waals surface area contributed by atoms with Gasteiger partial charge in [0.1, 0.15) is 5.75 Å². The Balaban J connectivity index is 2.56. The third-order valence-electron chi connectivity index (χ3n) is 2.93. The molecule has 2 rings (SSSR count). The van der Waals surface area contributed by atoms with Crippen LogP contribution < -0.4 is 9.64 Å². The van der Waals surface area contributed by atoms with Crippen molar-refractivity contribution in [1.29, 1.82) is 0 Å². The second kappa shape index (κ2) is 4.42. The number of carbonyl (C=O) groups is 2. The summed E-state index contributed by atoms with van der Waals surface area (Å²) in [6, 6.07) is 4.47. The van der Waals surface area contributed by atoms with Crippen molar-refractivity contribution in [3.05, 3.63) is 36.4 Å². The minimum Gasteiger partial charge on any atom is -0.478 e. The minimum atomic E-state index is -1.04. The number of aromatic carboxylic acids is 1. The first-order valence-electron chi connectivity index (χ1n) is 5.86. The minimum absolute atomic E-state index is 0.115. The van der Waals surface area contributed by atoms with E-state index in [1.807, 2.05) is 0 Å². The fourth-order valence-corrected chi connectivity index (χ4v) is 2.01. The van der Waals surface area contributed by atoms with E-state index in [-0.39, 0.29) is 11.5 Å². The molecule has 1 aromatic carbocycles. The average molecular weight is 261 g/mol. The third kappa shape index (κ3) is 2.19. The zero-order valence-electron chi connectivity index (χ0n) is 10.8. The van der Waals surface area contributed by atoms with Crippen LogP contribution >= 0.6 is 0 Å². The highest BCUT2D eigenvalue weighted by molar-refractivity contribution is 6.03. The Morgan fingerprint density at radius 1 is 1.53 bits per heavy atom. The van der Waals surface area contributed by atoms with Crippen molar-refractivity contribution in [3.63, 3.8) is 0 Å². The van der Waals surface area contributed by atoms with Gasteiger partial charge in [-0.1, -0.05) is 6.08 Å². The Kier molecular flexibility index (Phi) is 3.06. The molecule has 1 heterocycles. The predicted octanol–water partition coefficient (Wildman–Crippen LogP) is 2.07. The highest BCUT2D eigenvalue weighted by Gasteiger charge is 2.40. The number of nitrogens with zero attached hydrogens (tertiary/aromatic N) is 1. The molecule has 0 aromatic heterocycles. The Morgan fingerprint density at radius 3 is 2.79 bits per heavy atom. The van der Waals surface area contributed by atoms with Crippen LogP contribution in [-0.4, -0.2) is 29.1 Å². The van der Waals surface area contributed by atoms with Gasteiger partial charge in [-0.15, -0.1) is 6.58 Å². The standard InChI is InChI=1S/C14H15NO4/c1-4-7-15-10-8-9(12(16)17)5-6-11(10)19-14(2,3)13(15)18/h4-6,8H,1,7H2,2-3H3,(H,16,17). The van der Waals surface area contributed by atoms with Gasteiger partial charge in [0.25, 0.3) is 5.91 Å². The van der Waals surface area contributed by atoms with Gasteiger partial charge in [0, 0.05) is 6.54 Å².